The van der Waals surface area contributed by atoms with E-state index in [0.717, 1.165) is 30.5 Å². The average Bonchev–Trinajstić information content (AvgIpc) is 2.88. The minimum atomic E-state index is -0.355. The number of nitriles is 1. The van der Waals surface area contributed by atoms with Gasteiger partial charge >= 0.3 is 0 Å². The van der Waals surface area contributed by atoms with E-state index in [1.165, 1.54) is 18.2 Å². The molecule has 0 saturated heterocycles. The molecule has 0 saturated carbocycles. The van der Waals surface area contributed by atoms with E-state index in [-0.39, 0.29) is 11.7 Å². The first kappa shape index (κ1) is 13.1. The van der Waals surface area contributed by atoms with Gasteiger partial charge in [0.05, 0.1) is 4.47 Å². The van der Waals surface area contributed by atoms with Gasteiger partial charge in [-0.2, -0.15) is 5.26 Å². The fourth-order valence-corrected chi connectivity index (χ4v) is 2.70. The Hall–Kier alpha value is -1.93. The predicted molar refractivity (Wildman–Crippen MR) is 75.2 cm³/mol. The molecule has 20 heavy (non-hydrogen) atoms. The van der Waals surface area contributed by atoms with Gasteiger partial charge in [0.15, 0.2) is 0 Å². The standard InChI is InChI=1S/C15H10BrFN2O/c16-12-7-11(17)4-5-14(12)20-15-10(8-18)6-9-2-1-3-13(9)19-15/h4-7H,1-3H2. The highest BCUT2D eigenvalue weighted by molar-refractivity contribution is 9.10. The lowest BCUT2D eigenvalue weighted by molar-refractivity contribution is 0.454. The Morgan fingerprint density at radius 1 is 1.30 bits per heavy atom. The van der Waals surface area contributed by atoms with Gasteiger partial charge in [-0.05, 0) is 65.0 Å². The summed E-state index contributed by atoms with van der Waals surface area (Å²) >= 11 is 3.24. The number of pyridine rings is 1. The van der Waals surface area contributed by atoms with Crippen LogP contribution in [0.5, 0.6) is 11.6 Å². The Morgan fingerprint density at radius 3 is 2.90 bits per heavy atom. The van der Waals surface area contributed by atoms with Crippen LogP contribution in [0.2, 0.25) is 0 Å². The number of hydrogen-bond donors (Lipinski definition) is 0. The second-order valence-corrected chi connectivity index (χ2v) is 5.44. The maximum absolute atomic E-state index is 13.1. The highest BCUT2D eigenvalue weighted by Gasteiger charge is 2.18. The van der Waals surface area contributed by atoms with Crippen molar-refractivity contribution in [1.29, 1.82) is 5.26 Å². The van der Waals surface area contributed by atoms with Crippen LogP contribution in [0.1, 0.15) is 23.2 Å². The highest BCUT2D eigenvalue weighted by Crippen LogP contribution is 2.33. The van der Waals surface area contributed by atoms with Crippen molar-refractivity contribution >= 4 is 15.9 Å². The van der Waals surface area contributed by atoms with Gasteiger partial charge < -0.3 is 4.74 Å². The number of rotatable bonds is 2. The van der Waals surface area contributed by atoms with Crippen LogP contribution in [0.3, 0.4) is 0 Å². The first-order chi connectivity index (χ1) is 9.67. The number of benzene rings is 1. The Balaban J connectivity index is 2.00. The summed E-state index contributed by atoms with van der Waals surface area (Å²) in [6.07, 6.45) is 2.91. The molecule has 0 aliphatic heterocycles. The summed E-state index contributed by atoms with van der Waals surface area (Å²) in [5.74, 6) is 0.362. The van der Waals surface area contributed by atoms with Gasteiger partial charge in [0.2, 0.25) is 5.88 Å². The molecular formula is C15H10BrFN2O. The minimum Gasteiger partial charge on any atom is -0.436 e. The molecule has 3 nitrogen and oxygen atoms in total. The van der Waals surface area contributed by atoms with E-state index in [1.807, 2.05) is 6.07 Å². The Labute approximate surface area is 124 Å². The normalized spacial score (nSPS) is 12.8. The van der Waals surface area contributed by atoms with Gasteiger partial charge in [0, 0.05) is 5.69 Å². The van der Waals surface area contributed by atoms with Crippen LogP contribution in [0, 0.1) is 17.1 Å². The molecule has 0 fully saturated rings. The van der Waals surface area contributed by atoms with Crippen LogP contribution < -0.4 is 4.74 Å². The summed E-state index contributed by atoms with van der Waals surface area (Å²) in [6, 6.07) is 8.06. The molecule has 0 atom stereocenters. The molecule has 100 valence electrons. The zero-order valence-corrected chi connectivity index (χ0v) is 12.1. The minimum absolute atomic E-state index is 0.278. The third-order valence-electron chi connectivity index (χ3n) is 3.24. The van der Waals surface area contributed by atoms with Crippen molar-refractivity contribution in [1.82, 2.24) is 4.98 Å². The van der Waals surface area contributed by atoms with E-state index < -0.39 is 0 Å². The van der Waals surface area contributed by atoms with Gasteiger partial charge in [-0.1, -0.05) is 0 Å². The molecule has 1 aromatic heterocycles. The summed E-state index contributed by atoms with van der Waals surface area (Å²) in [5.41, 5.74) is 2.51. The largest absolute Gasteiger partial charge is 0.436 e. The van der Waals surface area contributed by atoms with E-state index in [4.69, 9.17) is 4.74 Å². The first-order valence-corrected chi connectivity index (χ1v) is 7.02. The molecule has 1 heterocycles. The summed E-state index contributed by atoms with van der Waals surface area (Å²) in [6.45, 7) is 0. The third kappa shape index (κ3) is 2.39. The number of aromatic nitrogens is 1. The van der Waals surface area contributed by atoms with Crippen LogP contribution in [0.15, 0.2) is 28.7 Å². The number of ether oxygens (including phenoxy) is 1. The van der Waals surface area contributed by atoms with Crippen molar-refractivity contribution in [3.8, 4) is 17.7 Å². The number of fused-ring (bicyclic) bond motifs is 1. The lowest BCUT2D eigenvalue weighted by atomic mass is 10.1. The summed E-state index contributed by atoms with van der Waals surface area (Å²) in [5, 5.41) is 9.20. The van der Waals surface area contributed by atoms with Crippen LogP contribution in [0.25, 0.3) is 0 Å². The SMILES string of the molecule is N#Cc1cc2c(nc1Oc1ccc(F)cc1Br)CCC2. The van der Waals surface area contributed by atoms with E-state index >= 15 is 0 Å². The number of halogens is 2. The molecule has 0 radical (unpaired) electrons. The smallest absolute Gasteiger partial charge is 0.237 e. The van der Waals surface area contributed by atoms with Gasteiger partial charge in [0.1, 0.15) is 23.2 Å². The van der Waals surface area contributed by atoms with Crippen molar-refractivity contribution in [3.63, 3.8) is 0 Å². The molecule has 0 N–H and O–H groups in total. The molecule has 1 aliphatic carbocycles. The number of hydrogen-bond acceptors (Lipinski definition) is 3. The molecule has 0 amide bonds. The maximum Gasteiger partial charge on any atom is 0.237 e. The van der Waals surface area contributed by atoms with Gasteiger partial charge in [-0.15, -0.1) is 0 Å². The second kappa shape index (κ2) is 5.22. The van der Waals surface area contributed by atoms with E-state index in [0.29, 0.717) is 15.8 Å². The van der Waals surface area contributed by atoms with Crippen molar-refractivity contribution < 1.29 is 9.13 Å². The quantitative estimate of drug-likeness (QED) is 0.830. The fourth-order valence-electron chi connectivity index (χ4n) is 2.27. The Bertz CT molecular complexity index is 725. The lowest BCUT2D eigenvalue weighted by Gasteiger charge is -2.10. The van der Waals surface area contributed by atoms with Crippen LogP contribution in [-0.2, 0) is 12.8 Å². The zero-order valence-electron chi connectivity index (χ0n) is 10.5. The molecule has 3 rings (SSSR count). The Kier molecular flexibility index (Phi) is 3.41. The van der Waals surface area contributed by atoms with Crippen molar-refractivity contribution in [3.05, 3.63) is 51.4 Å². The monoisotopic (exact) mass is 332 g/mol. The molecule has 5 heteroatoms. The lowest BCUT2D eigenvalue weighted by Crippen LogP contribution is -1.97. The molecule has 1 aromatic carbocycles. The van der Waals surface area contributed by atoms with E-state index in [1.54, 1.807) is 0 Å². The van der Waals surface area contributed by atoms with E-state index in [9.17, 15) is 9.65 Å². The predicted octanol–water partition coefficient (Wildman–Crippen LogP) is 4.14. The topological polar surface area (TPSA) is 45.9 Å². The van der Waals surface area contributed by atoms with Crippen molar-refractivity contribution in [2.45, 2.75) is 19.3 Å². The highest BCUT2D eigenvalue weighted by atomic mass is 79.9. The second-order valence-electron chi connectivity index (χ2n) is 4.59. The maximum atomic E-state index is 13.1. The summed E-state index contributed by atoms with van der Waals surface area (Å²) in [4.78, 5) is 4.42. The molecule has 2 aromatic rings. The third-order valence-corrected chi connectivity index (χ3v) is 3.86. The van der Waals surface area contributed by atoms with Crippen molar-refractivity contribution in [2.75, 3.05) is 0 Å². The fraction of sp³-hybridized carbons (Fsp3) is 0.200. The Morgan fingerprint density at radius 2 is 2.15 bits per heavy atom. The first-order valence-electron chi connectivity index (χ1n) is 6.23. The van der Waals surface area contributed by atoms with Crippen LogP contribution in [0.4, 0.5) is 4.39 Å². The zero-order chi connectivity index (χ0) is 14.1. The van der Waals surface area contributed by atoms with Crippen LogP contribution in [-0.4, -0.2) is 4.98 Å². The van der Waals surface area contributed by atoms with Gasteiger partial charge in [-0.3, -0.25) is 0 Å². The average molecular weight is 333 g/mol. The molecular weight excluding hydrogens is 323 g/mol. The summed E-state index contributed by atoms with van der Waals surface area (Å²) < 4.78 is 19.2. The van der Waals surface area contributed by atoms with Gasteiger partial charge in [-0.25, -0.2) is 9.37 Å². The van der Waals surface area contributed by atoms with Crippen molar-refractivity contribution in [2.24, 2.45) is 0 Å². The number of nitrogens with zero attached hydrogens (tertiary/aromatic N) is 2. The molecule has 0 bridgehead atoms. The van der Waals surface area contributed by atoms with E-state index in [2.05, 4.69) is 27.0 Å². The number of aryl methyl sites for hydroxylation is 2. The molecule has 0 spiro atoms. The van der Waals surface area contributed by atoms with Crippen LogP contribution >= 0.6 is 15.9 Å². The molecule has 0 unspecified atom stereocenters. The molecule has 1 aliphatic rings. The summed E-state index contributed by atoms with van der Waals surface area (Å²) in [7, 11) is 0. The van der Waals surface area contributed by atoms with Gasteiger partial charge in [0.25, 0.3) is 0 Å².